The average molecular weight is 464 g/mol. The highest BCUT2D eigenvalue weighted by Crippen LogP contribution is 2.26. The zero-order valence-corrected chi connectivity index (χ0v) is 19.2. The number of ether oxygens (including phenoxy) is 2. The van der Waals surface area contributed by atoms with Crippen LogP contribution in [-0.4, -0.2) is 35.7 Å². The lowest BCUT2D eigenvalue weighted by Crippen LogP contribution is -2.28. The van der Waals surface area contributed by atoms with Crippen molar-refractivity contribution in [2.75, 3.05) is 20.3 Å². The largest absolute Gasteiger partial charge is 0.493 e. The monoisotopic (exact) mass is 463 g/mol. The van der Waals surface area contributed by atoms with E-state index in [9.17, 15) is 4.79 Å². The Balaban J connectivity index is 1.38. The fourth-order valence-electron chi connectivity index (χ4n) is 3.71. The van der Waals surface area contributed by atoms with Gasteiger partial charge in [-0.15, -0.1) is 0 Å². The second-order valence-corrected chi connectivity index (χ2v) is 8.01. The lowest BCUT2D eigenvalue weighted by molar-refractivity contribution is -0.120. The SMILES string of the molecule is COc1ccccc1OCCn1c(CCNC(=O)Cc2ccc(Cl)cc2)nc2ccccc21. The molecule has 6 nitrogen and oxygen atoms in total. The van der Waals surface area contributed by atoms with E-state index in [2.05, 4.69) is 9.88 Å². The van der Waals surface area contributed by atoms with Gasteiger partial charge in [-0.05, 0) is 42.0 Å². The number of fused-ring (bicyclic) bond motifs is 1. The summed E-state index contributed by atoms with van der Waals surface area (Å²) in [5.74, 6) is 2.29. The number of imidazole rings is 1. The molecule has 0 saturated heterocycles. The summed E-state index contributed by atoms with van der Waals surface area (Å²) < 4.78 is 13.5. The molecule has 0 radical (unpaired) electrons. The average Bonchev–Trinajstić information content (AvgIpc) is 3.18. The molecule has 0 bridgehead atoms. The summed E-state index contributed by atoms with van der Waals surface area (Å²) in [5.41, 5.74) is 2.90. The second-order valence-electron chi connectivity index (χ2n) is 7.57. The first kappa shape index (κ1) is 22.7. The number of carbonyl (C=O) groups is 1. The van der Waals surface area contributed by atoms with Crippen LogP contribution in [-0.2, 0) is 24.2 Å². The quantitative estimate of drug-likeness (QED) is 0.371. The third kappa shape index (κ3) is 5.84. The second kappa shape index (κ2) is 10.9. The zero-order valence-electron chi connectivity index (χ0n) is 18.5. The topological polar surface area (TPSA) is 65.4 Å². The number of carbonyl (C=O) groups excluding carboxylic acids is 1. The van der Waals surface area contributed by atoms with Gasteiger partial charge in [0.05, 0.1) is 31.1 Å². The van der Waals surface area contributed by atoms with Crippen molar-refractivity contribution in [2.45, 2.75) is 19.4 Å². The first-order chi connectivity index (χ1) is 16.1. The van der Waals surface area contributed by atoms with Gasteiger partial charge in [0.15, 0.2) is 11.5 Å². The molecule has 170 valence electrons. The molecule has 33 heavy (non-hydrogen) atoms. The van der Waals surface area contributed by atoms with Crippen LogP contribution in [0.15, 0.2) is 72.8 Å². The molecule has 0 fully saturated rings. The lowest BCUT2D eigenvalue weighted by atomic mass is 10.1. The maximum absolute atomic E-state index is 12.3. The molecule has 1 aromatic heterocycles. The van der Waals surface area contributed by atoms with Gasteiger partial charge in [0.25, 0.3) is 0 Å². The van der Waals surface area contributed by atoms with E-state index in [-0.39, 0.29) is 5.91 Å². The van der Waals surface area contributed by atoms with Gasteiger partial charge < -0.3 is 19.4 Å². The number of para-hydroxylation sites is 4. The standard InChI is InChI=1S/C26H26ClN3O3/c1-32-23-8-4-5-9-24(23)33-17-16-30-22-7-3-2-6-21(22)29-25(30)14-15-28-26(31)18-19-10-12-20(27)13-11-19/h2-13H,14-18H2,1H3,(H,28,31). The van der Waals surface area contributed by atoms with Gasteiger partial charge in [0, 0.05) is 18.0 Å². The Morgan fingerprint density at radius 1 is 1.00 bits per heavy atom. The van der Waals surface area contributed by atoms with Crippen molar-refractivity contribution in [3.63, 3.8) is 0 Å². The molecule has 1 N–H and O–H groups in total. The number of amides is 1. The molecular formula is C26H26ClN3O3. The van der Waals surface area contributed by atoms with Crippen molar-refractivity contribution in [1.29, 1.82) is 0 Å². The summed E-state index contributed by atoms with van der Waals surface area (Å²) in [6.45, 7) is 1.60. The number of nitrogens with zero attached hydrogens (tertiary/aromatic N) is 2. The summed E-state index contributed by atoms with van der Waals surface area (Å²) >= 11 is 5.91. The van der Waals surface area contributed by atoms with E-state index in [1.54, 1.807) is 19.2 Å². The Labute approximate surface area is 198 Å². The Morgan fingerprint density at radius 3 is 2.52 bits per heavy atom. The number of hydrogen-bond acceptors (Lipinski definition) is 4. The van der Waals surface area contributed by atoms with Crippen LogP contribution >= 0.6 is 11.6 Å². The molecule has 0 spiro atoms. The van der Waals surface area contributed by atoms with Crippen LogP contribution in [0.4, 0.5) is 0 Å². The molecule has 1 amide bonds. The van der Waals surface area contributed by atoms with Gasteiger partial charge >= 0.3 is 0 Å². The maximum Gasteiger partial charge on any atom is 0.224 e. The van der Waals surface area contributed by atoms with Crippen molar-refractivity contribution in [3.8, 4) is 11.5 Å². The van der Waals surface area contributed by atoms with E-state index in [0.29, 0.717) is 49.1 Å². The third-order valence-corrected chi connectivity index (χ3v) is 5.58. The summed E-state index contributed by atoms with van der Waals surface area (Å²) in [5, 5.41) is 3.65. The summed E-state index contributed by atoms with van der Waals surface area (Å²) in [6, 6.07) is 22.9. The fourth-order valence-corrected chi connectivity index (χ4v) is 3.84. The minimum Gasteiger partial charge on any atom is -0.493 e. The fraction of sp³-hybridized carbons (Fsp3) is 0.231. The minimum absolute atomic E-state index is 0.0283. The van der Waals surface area contributed by atoms with Gasteiger partial charge in [-0.25, -0.2) is 4.98 Å². The predicted octanol–water partition coefficient (Wildman–Crippen LogP) is 4.68. The first-order valence-electron chi connectivity index (χ1n) is 10.8. The van der Waals surface area contributed by atoms with E-state index in [0.717, 1.165) is 22.4 Å². The number of halogens is 1. The van der Waals surface area contributed by atoms with Gasteiger partial charge in [-0.2, -0.15) is 0 Å². The highest BCUT2D eigenvalue weighted by molar-refractivity contribution is 6.30. The van der Waals surface area contributed by atoms with E-state index in [4.69, 9.17) is 26.1 Å². The zero-order chi connectivity index (χ0) is 23.0. The van der Waals surface area contributed by atoms with Crippen molar-refractivity contribution < 1.29 is 14.3 Å². The van der Waals surface area contributed by atoms with E-state index in [1.807, 2.05) is 60.7 Å². The van der Waals surface area contributed by atoms with Crippen LogP contribution in [0.3, 0.4) is 0 Å². The molecule has 1 heterocycles. The van der Waals surface area contributed by atoms with Gasteiger partial charge in [0.2, 0.25) is 5.91 Å². The summed E-state index contributed by atoms with van der Waals surface area (Å²) in [4.78, 5) is 17.1. The van der Waals surface area contributed by atoms with Crippen LogP contribution in [0.2, 0.25) is 5.02 Å². The number of hydrogen-bond donors (Lipinski definition) is 1. The molecule has 4 rings (SSSR count). The lowest BCUT2D eigenvalue weighted by Gasteiger charge is -2.13. The molecule has 4 aromatic rings. The molecular weight excluding hydrogens is 438 g/mol. The maximum atomic E-state index is 12.3. The molecule has 0 unspecified atom stereocenters. The van der Waals surface area contributed by atoms with Crippen LogP contribution in [0.25, 0.3) is 11.0 Å². The molecule has 0 aliphatic carbocycles. The number of aromatic nitrogens is 2. The van der Waals surface area contributed by atoms with Gasteiger partial charge in [-0.3, -0.25) is 4.79 Å². The van der Waals surface area contributed by atoms with Crippen molar-refractivity contribution in [1.82, 2.24) is 14.9 Å². The predicted molar refractivity (Wildman–Crippen MR) is 130 cm³/mol. The molecule has 7 heteroatoms. The smallest absolute Gasteiger partial charge is 0.224 e. The van der Waals surface area contributed by atoms with E-state index in [1.165, 1.54) is 0 Å². The molecule has 0 aliphatic heterocycles. The number of benzene rings is 3. The third-order valence-electron chi connectivity index (χ3n) is 5.32. The van der Waals surface area contributed by atoms with Crippen molar-refractivity contribution >= 4 is 28.5 Å². The summed E-state index contributed by atoms with van der Waals surface area (Å²) in [7, 11) is 1.63. The van der Waals surface area contributed by atoms with Crippen LogP contribution in [0.1, 0.15) is 11.4 Å². The van der Waals surface area contributed by atoms with Crippen molar-refractivity contribution in [2.24, 2.45) is 0 Å². The van der Waals surface area contributed by atoms with E-state index >= 15 is 0 Å². The Bertz CT molecular complexity index is 1220. The van der Waals surface area contributed by atoms with Gasteiger partial charge in [0.1, 0.15) is 12.4 Å². The first-order valence-corrected chi connectivity index (χ1v) is 11.2. The number of methoxy groups -OCH3 is 1. The van der Waals surface area contributed by atoms with Gasteiger partial charge in [-0.1, -0.05) is 48.0 Å². The highest BCUT2D eigenvalue weighted by Gasteiger charge is 2.12. The van der Waals surface area contributed by atoms with Crippen molar-refractivity contribution in [3.05, 3.63) is 89.2 Å². The highest BCUT2D eigenvalue weighted by atomic mass is 35.5. The Morgan fingerprint density at radius 2 is 1.73 bits per heavy atom. The summed E-state index contributed by atoms with van der Waals surface area (Å²) in [6.07, 6.45) is 0.941. The Hall–Kier alpha value is -3.51. The van der Waals surface area contributed by atoms with E-state index < -0.39 is 0 Å². The number of rotatable bonds is 10. The molecule has 3 aromatic carbocycles. The molecule has 0 aliphatic rings. The minimum atomic E-state index is -0.0283. The number of nitrogens with one attached hydrogen (secondary N) is 1. The Kier molecular flexibility index (Phi) is 7.47. The van der Waals surface area contributed by atoms with Crippen LogP contribution in [0.5, 0.6) is 11.5 Å². The molecule has 0 saturated carbocycles. The normalized spacial score (nSPS) is 10.8. The molecule has 0 atom stereocenters. The van der Waals surface area contributed by atoms with Crippen LogP contribution in [0, 0.1) is 0 Å². The van der Waals surface area contributed by atoms with Crippen LogP contribution < -0.4 is 14.8 Å².